The summed E-state index contributed by atoms with van der Waals surface area (Å²) in [6.07, 6.45) is 2.38. The highest BCUT2D eigenvalue weighted by Crippen LogP contribution is 2.27. The van der Waals surface area contributed by atoms with Crippen molar-refractivity contribution in [2.24, 2.45) is 5.92 Å². The number of nitrogens with one attached hydrogen (secondary N) is 1. The molecule has 3 saturated heterocycles. The molecule has 0 radical (unpaired) electrons. The molecule has 2 bridgehead atoms. The Kier molecular flexibility index (Phi) is 5.58. The number of hydrogen-bond acceptors (Lipinski definition) is 4. The normalized spacial score (nSPS) is 23.6. The number of carbonyl (C=O) groups is 1. The van der Waals surface area contributed by atoms with Crippen LogP contribution in [0.4, 0.5) is 0 Å². The quantitative estimate of drug-likeness (QED) is 0.819. The Balaban J connectivity index is 1.21. The van der Waals surface area contributed by atoms with Crippen LogP contribution in [-0.4, -0.2) is 43.1 Å². The van der Waals surface area contributed by atoms with Crippen LogP contribution in [0.5, 0.6) is 11.5 Å². The van der Waals surface area contributed by atoms with Gasteiger partial charge in [-0.2, -0.15) is 0 Å². The summed E-state index contributed by atoms with van der Waals surface area (Å²) in [6, 6.07) is 17.7. The van der Waals surface area contributed by atoms with Crippen LogP contribution < -0.4 is 14.8 Å². The van der Waals surface area contributed by atoms with Crippen LogP contribution in [0, 0.1) is 5.92 Å². The first kappa shape index (κ1) is 17.9. The number of hydrogen-bond donors (Lipinski definition) is 1. The molecule has 3 aliphatic heterocycles. The van der Waals surface area contributed by atoms with E-state index in [4.69, 9.17) is 9.47 Å². The Labute approximate surface area is 160 Å². The van der Waals surface area contributed by atoms with E-state index in [1.54, 1.807) is 0 Å². The van der Waals surface area contributed by atoms with Crippen molar-refractivity contribution in [1.29, 1.82) is 0 Å². The van der Waals surface area contributed by atoms with Crippen molar-refractivity contribution in [1.82, 2.24) is 10.2 Å². The lowest BCUT2D eigenvalue weighted by Gasteiger charge is -2.44. The SMILES string of the molecule is O=C(COc1ccc(OCc2ccccc2)cc1)N[C@@H]1CN2CCC1CC2. The number of amides is 1. The van der Waals surface area contributed by atoms with Crippen molar-refractivity contribution in [3.63, 3.8) is 0 Å². The lowest BCUT2D eigenvalue weighted by atomic mass is 9.84. The van der Waals surface area contributed by atoms with Gasteiger partial charge in [0.25, 0.3) is 5.91 Å². The van der Waals surface area contributed by atoms with Gasteiger partial charge in [0.1, 0.15) is 18.1 Å². The summed E-state index contributed by atoms with van der Waals surface area (Å²) in [6.45, 7) is 3.90. The topological polar surface area (TPSA) is 50.8 Å². The van der Waals surface area contributed by atoms with Crippen LogP contribution >= 0.6 is 0 Å². The summed E-state index contributed by atoms with van der Waals surface area (Å²) in [5, 5.41) is 3.14. The standard InChI is InChI=1S/C22H26N2O3/c25-22(23-21-14-24-12-10-18(21)11-13-24)16-27-20-8-6-19(7-9-20)26-15-17-4-2-1-3-5-17/h1-9,18,21H,10-16H2,(H,23,25)/t21-/m1/s1. The van der Waals surface area contributed by atoms with Crippen LogP contribution in [0.15, 0.2) is 54.6 Å². The highest BCUT2D eigenvalue weighted by molar-refractivity contribution is 5.78. The number of piperidine rings is 3. The molecule has 3 aliphatic rings. The largest absolute Gasteiger partial charge is 0.489 e. The first-order valence-electron chi connectivity index (χ1n) is 9.67. The fourth-order valence-corrected chi connectivity index (χ4v) is 3.90. The zero-order chi connectivity index (χ0) is 18.5. The van der Waals surface area contributed by atoms with Crippen LogP contribution in [0.1, 0.15) is 18.4 Å². The predicted octanol–water partition coefficient (Wildman–Crippen LogP) is 2.85. The average Bonchev–Trinajstić information content (AvgIpc) is 2.73. The molecule has 0 spiro atoms. The zero-order valence-electron chi connectivity index (χ0n) is 15.5. The van der Waals surface area contributed by atoms with Gasteiger partial charge in [0.15, 0.2) is 6.61 Å². The minimum absolute atomic E-state index is 0.0434. The van der Waals surface area contributed by atoms with Crippen molar-refractivity contribution < 1.29 is 14.3 Å². The van der Waals surface area contributed by atoms with Gasteiger partial charge in [-0.15, -0.1) is 0 Å². The molecule has 1 N–H and O–H groups in total. The monoisotopic (exact) mass is 366 g/mol. The molecule has 5 nitrogen and oxygen atoms in total. The minimum Gasteiger partial charge on any atom is -0.489 e. The van der Waals surface area contributed by atoms with Gasteiger partial charge in [-0.05, 0) is 61.7 Å². The fraction of sp³-hybridized carbons (Fsp3) is 0.409. The number of nitrogens with zero attached hydrogens (tertiary/aromatic N) is 1. The highest BCUT2D eigenvalue weighted by atomic mass is 16.5. The summed E-state index contributed by atoms with van der Waals surface area (Å²) in [5.74, 6) is 2.03. The van der Waals surface area contributed by atoms with E-state index in [1.807, 2.05) is 54.6 Å². The van der Waals surface area contributed by atoms with Gasteiger partial charge in [-0.1, -0.05) is 30.3 Å². The maximum Gasteiger partial charge on any atom is 0.258 e. The molecule has 0 aromatic heterocycles. The molecule has 142 valence electrons. The Bertz CT molecular complexity index is 740. The average molecular weight is 366 g/mol. The second-order valence-corrected chi connectivity index (χ2v) is 7.35. The third kappa shape index (κ3) is 4.80. The lowest BCUT2D eigenvalue weighted by Crippen LogP contribution is -2.57. The van der Waals surface area contributed by atoms with Gasteiger partial charge in [-0.3, -0.25) is 4.79 Å². The molecule has 0 unspecified atom stereocenters. The van der Waals surface area contributed by atoms with Crippen molar-refractivity contribution >= 4 is 5.91 Å². The molecule has 1 atom stereocenters. The van der Waals surface area contributed by atoms with E-state index in [9.17, 15) is 4.79 Å². The van der Waals surface area contributed by atoms with Crippen molar-refractivity contribution in [2.45, 2.75) is 25.5 Å². The predicted molar refractivity (Wildman–Crippen MR) is 104 cm³/mol. The van der Waals surface area contributed by atoms with Gasteiger partial charge < -0.3 is 19.7 Å². The van der Waals surface area contributed by atoms with Crippen LogP contribution in [0.3, 0.4) is 0 Å². The van der Waals surface area contributed by atoms with Gasteiger partial charge >= 0.3 is 0 Å². The lowest BCUT2D eigenvalue weighted by molar-refractivity contribution is -0.125. The number of fused-ring (bicyclic) bond motifs is 3. The molecule has 3 fully saturated rings. The van der Waals surface area contributed by atoms with Gasteiger partial charge in [0.2, 0.25) is 0 Å². The Morgan fingerprint density at radius 2 is 1.63 bits per heavy atom. The first-order valence-corrected chi connectivity index (χ1v) is 9.67. The van der Waals surface area contributed by atoms with Crippen LogP contribution in [0.25, 0.3) is 0 Å². The second-order valence-electron chi connectivity index (χ2n) is 7.35. The number of ether oxygens (including phenoxy) is 2. The van der Waals surface area contributed by atoms with Crippen LogP contribution in [-0.2, 0) is 11.4 Å². The molecule has 5 heteroatoms. The number of carbonyl (C=O) groups excluding carboxylic acids is 1. The summed E-state index contributed by atoms with van der Waals surface area (Å²) >= 11 is 0. The number of rotatable bonds is 7. The molecule has 0 aliphatic carbocycles. The van der Waals surface area contributed by atoms with E-state index in [0.29, 0.717) is 18.3 Å². The second kappa shape index (κ2) is 8.44. The molecular weight excluding hydrogens is 340 g/mol. The molecule has 2 aromatic rings. The molecule has 27 heavy (non-hydrogen) atoms. The number of benzene rings is 2. The van der Waals surface area contributed by atoms with E-state index < -0.39 is 0 Å². The van der Waals surface area contributed by atoms with Gasteiger partial charge in [0.05, 0.1) is 0 Å². The van der Waals surface area contributed by atoms with Gasteiger partial charge in [-0.25, -0.2) is 0 Å². The van der Waals surface area contributed by atoms with Crippen LogP contribution in [0.2, 0.25) is 0 Å². The van der Waals surface area contributed by atoms with E-state index in [0.717, 1.165) is 17.9 Å². The van der Waals surface area contributed by atoms with Crippen molar-refractivity contribution in [3.05, 3.63) is 60.2 Å². The van der Waals surface area contributed by atoms with Crippen molar-refractivity contribution in [3.8, 4) is 11.5 Å². The summed E-state index contributed by atoms with van der Waals surface area (Å²) < 4.78 is 11.4. The summed E-state index contributed by atoms with van der Waals surface area (Å²) in [7, 11) is 0. The molecule has 3 heterocycles. The molecule has 0 saturated carbocycles. The van der Waals surface area contributed by atoms with E-state index >= 15 is 0 Å². The third-order valence-electron chi connectivity index (χ3n) is 5.44. The fourth-order valence-electron chi connectivity index (χ4n) is 3.90. The van der Waals surface area contributed by atoms with E-state index in [1.165, 1.54) is 25.9 Å². The Morgan fingerprint density at radius 1 is 0.963 bits per heavy atom. The van der Waals surface area contributed by atoms with E-state index in [2.05, 4.69) is 10.2 Å². The molecule has 2 aromatic carbocycles. The first-order chi connectivity index (χ1) is 13.3. The highest BCUT2D eigenvalue weighted by Gasteiger charge is 2.34. The molecule has 1 amide bonds. The zero-order valence-corrected chi connectivity index (χ0v) is 15.5. The smallest absolute Gasteiger partial charge is 0.258 e. The summed E-state index contributed by atoms with van der Waals surface area (Å²) in [4.78, 5) is 14.6. The minimum atomic E-state index is -0.0434. The Morgan fingerprint density at radius 3 is 2.26 bits per heavy atom. The molecular formula is C22H26N2O3. The summed E-state index contributed by atoms with van der Waals surface area (Å²) in [5.41, 5.74) is 1.13. The van der Waals surface area contributed by atoms with Crippen molar-refractivity contribution in [2.75, 3.05) is 26.2 Å². The van der Waals surface area contributed by atoms with Gasteiger partial charge in [0, 0.05) is 12.6 Å². The van der Waals surface area contributed by atoms with E-state index in [-0.39, 0.29) is 18.6 Å². The maximum atomic E-state index is 12.2. The molecule has 5 rings (SSSR count). The Hall–Kier alpha value is -2.53. The maximum absolute atomic E-state index is 12.2. The third-order valence-corrected chi connectivity index (χ3v) is 5.44.